The van der Waals surface area contributed by atoms with Gasteiger partial charge in [-0.2, -0.15) is 0 Å². The molecule has 0 saturated heterocycles. The molecule has 3 heterocycles. The van der Waals surface area contributed by atoms with Crippen LogP contribution in [-0.4, -0.2) is 45.5 Å². The number of benzene rings is 2. The standard InChI is InChI=1S/C21H21NO6/c1-22-5-4-11-6-17-18(27-10-26-17)7-12(11)19(22)20-13-8-15(24-2)16(25-3)9-14(13)21(23)28-20/h6-9,19-20H,4-5,10H2,1-3H3/t19-,20+/m0/s1. The van der Waals surface area contributed by atoms with Crippen molar-refractivity contribution in [2.24, 2.45) is 0 Å². The molecule has 2 aromatic carbocycles. The van der Waals surface area contributed by atoms with Crippen LogP contribution in [0.2, 0.25) is 0 Å². The third-order valence-electron chi connectivity index (χ3n) is 5.76. The van der Waals surface area contributed by atoms with Crippen LogP contribution in [0.25, 0.3) is 0 Å². The average Bonchev–Trinajstić information content (AvgIpc) is 3.29. The minimum Gasteiger partial charge on any atom is -0.493 e. The normalized spacial score (nSPS) is 22.5. The Morgan fingerprint density at radius 3 is 2.46 bits per heavy atom. The van der Waals surface area contributed by atoms with E-state index in [-0.39, 0.29) is 18.8 Å². The molecule has 0 N–H and O–H groups in total. The third-order valence-corrected chi connectivity index (χ3v) is 5.76. The van der Waals surface area contributed by atoms with Crippen molar-refractivity contribution in [3.63, 3.8) is 0 Å². The van der Waals surface area contributed by atoms with Gasteiger partial charge < -0.3 is 23.7 Å². The quantitative estimate of drug-likeness (QED) is 0.755. The monoisotopic (exact) mass is 383 g/mol. The summed E-state index contributed by atoms with van der Waals surface area (Å²) in [4.78, 5) is 14.8. The summed E-state index contributed by atoms with van der Waals surface area (Å²) in [7, 11) is 5.18. The van der Waals surface area contributed by atoms with E-state index in [4.69, 9.17) is 23.7 Å². The minimum atomic E-state index is -0.438. The molecule has 5 rings (SSSR count). The Bertz CT molecular complexity index is 972. The van der Waals surface area contributed by atoms with Crippen LogP contribution in [0.15, 0.2) is 24.3 Å². The van der Waals surface area contributed by atoms with Gasteiger partial charge in [0, 0.05) is 12.1 Å². The van der Waals surface area contributed by atoms with Crippen LogP contribution >= 0.6 is 0 Å². The van der Waals surface area contributed by atoms with E-state index in [0.717, 1.165) is 35.6 Å². The Labute approximate surface area is 162 Å². The van der Waals surface area contributed by atoms with Gasteiger partial charge in [-0.05, 0) is 48.9 Å². The van der Waals surface area contributed by atoms with Crippen molar-refractivity contribution >= 4 is 5.97 Å². The van der Waals surface area contributed by atoms with Crippen molar-refractivity contribution in [2.45, 2.75) is 18.6 Å². The van der Waals surface area contributed by atoms with Gasteiger partial charge >= 0.3 is 5.97 Å². The zero-order chi connectivity index (χ0) is 19.4. The average molecular weight is 383 g/mol. The highest BCUT2D eigenvalue weighted by atomic mass is 16.7. The number of hydrogen-bond donors (Lipinski definition) is 0. The van der Waals surface area contributed by atoms with Crippen molar-refractivity contribution in [1.29, 1.82) is 0 Å². The maximum atomic E-state index is 12.6. The Morgan fingerprint density at radius 2 is 1.71 bits per heavy atom. The Balaban J connectivity index is 1.63. The summed E-state index contributed by atoms with van der Waals surface area (Å²) < 4.78 is 27.8. The van der Waals surface area contributed by atoms with Gasteiger partial charge in [-0.3, -0.25) is 4.90 Å². The number of ether oxygens (including phenoxy) is 5. The minimum absolute atomic E-state index is 0.124. The van der Waals surface area contributed by atoms with Crippen molar-refractivity contribution in [3.05, 3.63) is 46.5 Å². The molecular weight excluding hydrogens is 362 g/mol. The fourth-order valence-corrected chi connectivity index (χ4v) is 4.34. The van der Waals surface area contributed by atoms with E-state index in [1.807, 2.05) is 25.2 Å². The summed E-state index contributed by atoms with van der Waals surface area (Å²) in [6.45, 7) is 1.09. The molecule has 0 aliphatic carbocycles. The molecule has 2 aromatic rings. The molecule has 0 fully saturated rings. The Hall–Kier alpha value is -2.93. The van der Waals surface area contributed by atoms with Gasteiger partial charge in [0.1, 0.15) is 6.10 Å². The van der Waals surface area contributed by atoms with Crippen LogP contribution in [0.5, 0.6) is 23.0 Å². The van der Waals surface area contributed by atoms with Gasteiger partial charge in [-0.1, -0.05) is 0 Å². The Morgan fingerprint density at radius 1 is 1.00 bits per heavy atom. The van der Waals surface area contributed by atoms with Crippen molar-refractivity contribution in [2.75, 3.05) is 34.6 Å². The second kappa shape index (κ2) is 6.31. The number of rotatable bonds is 3. The second-order valence-corrected chi connectivity index (χ2v) is 7.20. The number of esters is 1. The predicted molar refractivity (Wildman–Crippen MR) is 99.3 cm³/mol. The summed E-state index contributed by atoms with van der Waals surface area (Å²) >= 11 is 0. The first-order valence-corrected chi connectivity index (χ1v) is 9.20. The second-order valence-electron chi connectivity index (χ2n) is 7.20. The number of carbonyl (C=O) groups excluding carboxylic acids is 1. The fourth-order valence-electron chi connectivity index (χ4n) is 4.34. The number of likely N-dealkylation sites (N-methyl/N-ethyl adjacent to an activating group) is 1. The smallest absolute Gasteiger partial charge is 0.339 e. The molecule has 0 unspecified atom stereocenters. The molecule has 0 saturated carbocycles. The number of cyclic esters (lactones) is 1. The van der Waals surface area contributed by atoms with E-state index in [9.17, 15) is 4.79 Å². The van der Waals surface area contributed by atoms with Crippen LogP contribution in [0.3, 0.4) is 0 Å². The molecule has 0 spiro atoms. The highest BCUT2D eigenvalue weighted by Gasteiger charge is 2.43. The van der Waals surface area contributed by atoms with Gasteiger partial charge in [0.15, 0.2) is 23.0 Å². The number of methoxy groups -OCH3 is 2. The molecular formula is C21H21NO6. The molecule has 0 amide bonds. The fraction of sp³-hybridized carbons (Fsp3) is 0.381. The maximum absolute atomic E-state index is 12.6. The lowest BCUT2D eigenvalue weighted by molar-refractivity contribution is 0.00939. The highest BCUT2D eigenvalue weighted by Crippen LogP contribution is 2.49. The van der Waals surface area contributed by atoms with E-state index < -0.39 is 6.10 Å². The molecule has 3 aliphatic heterocycles. The van der Waals surface area contributed by atoms with Gasteiger partial charge in [-0.15, -0.1) is 0 Å². The molecule has 0 radical (unpaired) electrons. The van der Waals surface area contributed by atoms with Crippen molar-refractivity contribution in [3.8, 4) is 23.0 Å². The summed E-state index contributed by atoms with van der Waals surface area (Å²) in [5, 5.41) is 0. The third kappa shape index (κ3) is 2.43. The number of hydrogen-bond acceptors (Lipinski definition) is 7. The number of fused-ring (bicyclic) bond motifs is 3. The van der Waals surface area contributed by atoms with Crippen LogP contribution in [0.1, 0.15) is 39.2 Å². The number of carbonyl (C=O) groups is 1. The van der Waals surface area contributed by atoms with E-state index in [1.165, 1.54) is 5.56 Å². The lowest BCUT2D eigenvalue weighted by atomic mass is 9.86. The summed E-state index contributed by atoms with van der Waals surface area (Å²) in [6, 6.07) is 7.48. The summed E-state index contributed by atoms with van der Waals surface area (Å²) in [5.74, 6) is 2.25. The van der Waals surface area contributed by atoms with Gasteiger partial charge in [0.2, 0.25) is 6.79 Å². The molecule has 7 nitrogen and oxygen atoms in total. The van der Waals surface area contributed by atoms with E-state index in [2.05, 4.69) is 4.90 Å². The lowest BCUT2D eigenvalue weighted by Gasteiger charge is -2.37. The van der Waals surface area contributed by atoms with Crippen molar-refractivity contribution in [1.82, 2.24) is 4.90 Å². The first-order valence-electron chi connectivity index (χ1n) is 9.20. The summed E-state index contributed by atoms with van der Waals surface area (Å²) in [5.41, 5.74) is 3.62. The SMILES string of the molecule is COc1cc2c(cc1OC)[C@H]([C@@H]1c3cc4c(cc3CCN1C)OCO4)OC2=O. The van der Waals surface area contributed by atoms with Gasteiger partial charge in [-0.25, -0.2) is 4.79 Å². The van der Waals surface area contributed by atoms with Crippen molar-refractivity contribution < 1.29 is 28.5 Å². The van der Waals surface area contributed by atoms with Crippen LogP contribution in [0, 0.1) is 0 Å². The number of nitrogens with zero attached hydrogens (tertiary/aromatic N) is 1. The zero-order valence-corrected chi connectivity index (χ0v) is 16.0. The first kappa shape index (κ1) is 17.2. The topological polar surface area (TPSA) is 66.5 Å². The van der Waals surface area contributed by atoms with Crippen LogP contribution < -0.4 is 18.9 Å². The van der Waals surface area contributed by atoms with E-state index in [1.54, 1.807) is 20.3 Å². The zero-order valence-electron chi connectivity index (χ0n) is 16.0. The van der Waals surface area contributed by atoms with E-state index >= 15 is 0 Å². The molecule has 28 heavy (non-hydrogen) atoms. The largest absolute Gasteiger partial charge is 0.493 e. The molecule has 146 valence electrons. The summed E-state index contributed by atoms with van der Waals surface area (Å²) in [6.07, 6.45) is 0.463. The van der Waals surface area contributed by atoms with E-state index in [0.29, 0.717) is 17.1 Å². The van der Waals surface area contributed by atoms with Gasteiger partial charge in [0.05, 0.1) is 25.8 Å². The molecule has 7 heteroatoms. The van der Waals surface area contributed by atoms with Crippen LogP contribution in [0.4, 0.5) is 0 Å². The molecule has 0 aromatic heterocycles. The molecule has 2 atom stereocenters. The first-order chi connectivity index (χ1) is 13.6. The van der Waals surface area contributed by atoms with Gasteiger partial charge in [0.25, 0.3) is 0 Å². The molecule has 3 aliphatic rings. The van der Waals surface area contributed by atoms with Crippen LogP contribution in [-0.2, 0) is 11.2 Å². The predicted octanol–water partition coefficient (Wildman–Crippen LogP) is 2.87. The maximum Gasteiger partial charge on any atom is 0.339 e. The molecule has 0 bridgehead atoms. The Kier molecular flexibility index (Phi) is 3.87. The lowest BCUT2D eigenvalue weighted by Crippen LogP contribution is -2.36. The highest BCUT2D eigenvalue weighted by molar-refractivity contribution is 5.95.